The normalized spacial score (nSPS) is 12.3. The third kappa shape index (κ3) is 5.99. The maximum atomic E-state index is 13.0. The Morgan fingerprint density at radius 3 is 2.18 bits per heavy atom. The molecule has 2 aromatic rings. The van der Waals surface area contributed by atoms with Gasteiger partial charge in [-0.05, 0) is 56.0 Å². The molecule has 0 heterocycles. The van der Waals surface area contributed by atoms with Crippen LogP contribution in [-0.2, 0) is 16.7 Å². The van der Waals surface area contributed by atoms with Gasteiger partial charge in [0.2, 0.25) is 0 Å². The fourth-order valence-electron chi connectivity index (χ4n) is 2.86. The number of aryl methyl sites for hydroxylation is 2. The van der Waals surface area contributed by atoms with Gasteiger partial charge in [0, 0.05) is 18.3 Å². The molecule has 2 aromatic carbocycles. The van der Waals surface area contributed by atoms with Crippen LogP contribution in [0.15, 0.2) is 42.5 Å². The van der Waals surface area contributed by atoms with E-state index in [2.05, 4.69) is 5.32 Å². The Kier molecular flexibility index (Phi) is 7.07. The van der Waals surface area contributed by atoms with Gasteiger partial charge < -0.3 is 14.4 Å². The second-order valence-electron chi connectivity index (χ2n) is 7.01. The van der Waals surface area contributed by atoms with Crippen LogP contribution in [0, 0.1) is 13.8 Å². The van der Waals surface area contributed by atoms with Gasteiger partial charge in [-0.25, -0.2) is 4.79 Å². The maximum Gasteiger partial charge on any atom is 0.322 e. The first-order valence-electron chi connectivity index (χ1n) is 9.23. The molecular formula is C21H28N2O4S. The van der Waals surface area contributed by atoms with E-state index in [9.17, 15) is 13.2 Å². The predicted octanol–water partition coefficient (Wildman–Crippen LogP) is 4.47. The lowest BCUT2D eigenvalue weighted by atomic mass is 10.1. The lowest BCUT2D eigenvalue weighted by Crippen LogP contribution is -2.40. The molecule has 2 amide bonds. The van der Waals surface area contributed by atoms with Crippen molar-refractivity contribution in [2.24, 2.45) is 0 Å². The summed E-state index contributed by atoms with van der Waals surface area (Å²) in [5.74, 6) is 0.251. The van der Waals surface area contributed by atoms with Gasteiger partial charge in [-0.1, -0.05) is 37.3 Å². The predicted molar refractivity (Wildman–Crippen MR) is 112 cm³/mol. The molecule has 0 aromatic heterocycles. The highest BCUT2D eigenvalue weighted by molar-refractivity contribution is 7.86. The molecule has 0 aliphatic carbocycles. The number of anilines is 1. The van der Waals surface area contributed by atoms with E-state index in [1.165, 1.54) is 0 Å². The average Bonchev–Trinajstić information content (AvgIpc) is 2.62. The monoisotopic (exact) mass is 404 g/mol. The lowest BCUT2D eigenvalue weighted by molar-refractivity contribution is 0.187. The molecule has 2 rings (SSSR count). The zero-order chi connectivity index (χ0) is 20.9. The fraction of sp³-hybridized carbons (Fsp3) is 0.381. The van der Waals surface area contributed by atoms with Gasteiger partial charge in [0.1, 0.15) is 5.75 Å². The first-order valence-corrected chi connectivity index (χ1v) is 11.0. The largest absolute Gasteiger partial charge is 0.383 e. The number of nitrogens with zero attached hydrogens (tertiary/aromatic N) is 1. The van der Waals surface area contributed by atoms with Crippen molar-refractivity contribution in [1.29, 1.82) is 0 Å². The Morgan fingerprint density at radius 2 is 1.68 bits per heavy atom. The van der Waals surface area contributed by atoms with E-state index in [4.69, 9.17) is 4.18 Å². The van der Waals surface area contributed by atoms with E-state index < -0.39 is 10.1 Å². The van der Waals surface area contributed by atoms with Gasteiger partial charge in [-0.2, -0.15) is 8.42 Å². The number of benzene rings is 2. The minimum Gasteiger partial charge on any atom is -0.383 e. The molecule has 7 heteroatoms. The summed E-state index contributed by atoms with van der Waals surface area (Å²) in [6.45, 7) is 8.39. The van der Waals surface area contributed by atoms with E-state index in [0.717, 1.165) is 35.1 Å². The smallest absolute Gasteiger partial charge is 0.322 e. The molecule has 0 bridgehead atoms. The van der Waals surface area contributed by atoms with Crippen molar-refractivity contribution in [3.05, 3.63) is 59.2 Å². The molecule has 0 spiro atoms. The minimum absolute atomic E-state index is 0.0382. The Labute approximate surface area is 167 Å². The summed E-state index contributed by atoms with van der Waals surface area (Å²) < 4.78 is 27.3. The second-order valence-corrected chi connectivity index (χ2v) is 8.59. The third-order valence-corrected chi connectivity index (χ3v) is 5.12. The van der Waals surface area contributed by atoms with Crippen LogP contribution < -0.4 is 9.50 Å². The third-order valence-electron chi connectivity index (χ3n) is 4.62. The Hall–Kier alpha value is -2.54. The first-order chi connectivity index (χ1) is 13.1. The van der Waals surface area contributed by atoms with Crippen molar-refractivity contribution in [3.8, 4) is 5.75 Å². The van der Waals surface area contributed by atoms with Crippen LogP contribution in [0.25, 0.3) is 0 Å². The number of hydrogen-bond donors (Lipinski definition) is 1. The number of urea groups is 1. The van der Waals surface area contributed by atoms with Gasteiger partial charge in [0.25, 0.3) is 0 Å². The van der Waals surface area contributed by atoms with E-state index >= 15 is 0 Å². The van der Waals surface area contributed by atoms with E-state index in [1.807, 2.05) is 45.9 Å². The summed E-state index contributed by atoms with van der Waals surface area (Å²) in [6.07, 6.45) is 1.82. The van der Waals surface area contributed by atoms with Crippen molar-refractivity contribution < 1.29 is 17.4 Å². The Balaban J connectivity index is 2.18. The number of rotatable bonds is 7. The number of carbonyl (C=O) groups excluding carboxylic acids is 1. The molecule has 152 valence electrons. The first kappa shape index (κ1) is 21.8. The van der Waals surface area contributed by atoms with Crippen LogP contribution >= 0.6 is 0 Å². The molecule has 0 aliphatic rings. The van der Waals surface area contributed by atoms with E-state index in [1.54, 1.807) is 29.2 Å². The van der Waals surface area contributed by atoms with Crippen LogP contribution in [0.5, 0.6) is 5.75 Å². The highest BCUT2D eigenvalue weighted by atomic mass is 32.2. The number of hydrogen-bond acceptors (Lipinski definition) is 4. The molecule has 0 fully saturated rings. The molecule has 28 heavy (non-hydrogen) atoms. The molecular weight excluding hydrogens is 376 g/mol. The summed E-state index contributed by atoms with van der Waals surface area (Å²) in [6, 6.07) is 12.5. The second kappa shape index (κ2) is 9.10. The molecule has 0 radical (unpaired) electrons. The fourth-order valence-corrected chi connectivity index (χ4v) is 3.32. The van der Waals surface area contributed by atoms with Crippen LogP contribution in [-0.4, -0.2) is 31.6 Å². The summed E-state index contributed by atoms with van der Waals surface area (Å²) >= 11 is 0. The van der Waals surface area contributed by atoms with Gasteiger partial charge >= 0.3 is 16.1 Å². The van der Waals surface area contributed by atoms with E-state index in [0.29, 0.717) is 6.54 Å². The topological polar surface area (TPSA) is 75.7 Å². The SMILES string of the molecule is CC[C@@H](C)N(Cc1ccc(OS(C)(=O)=O)cc1)C(=O)Nc1c(C)cccc1C. The zero-order valence-corrected chi connectivity index (χ0v) is 17.8. The molecule has 0 saturated heterocycles. The number of nitrogens with one attached hydrogen (secondary N) is 1. The zero-order valence-electron chi connectivity index (χ0n) is 17.0. The molecule has 1 atom stereocenters. The average molecular weight is 405 g/mol. The standard InChI is InChI=1S/C21H28N2O4S/c1-6-17(4)23(21(24)22-20-15(2)8-7-9-16(20)3)14-18-10-12-19(13-11-18)27-28(5,25)26/h7-13,17H,6,14H2,1-5H3,(H,22,24)/t17-/m1/s1. The van der Waals surface area contributed by atoms with E-state index in [-0.39, 0.29) is 17.8 Å². The Morgan fingerprint density at radius 1 is 1.11 bits per heavy atom. The molecule has 6 nitrogen and oxygen atoms in total. The highest BCUT2D eigenvalue weighted by Gasteiger charge is 2.20. The molecule has 0 saturated carbocycles. The number of para-hydroxylation sites is 1. The highest BCUT2D eigenvalue weighted by Crippen LogP contribution is 2.22. The van der Waals surface area contributed by atoms with Gasteiger partial charge in [-0.3, -0.25) is 0 Å². The molecule has 0 aliphatic heterocycles. The van der Waals surface area contributed by atoms with Crippen molar-refractivity contribution in [3.63, 3.8) is 0 Å². The van der Waals surface area contributed by atoms with Crippen molar-refractivity contribution in [2.45, 2.75) is 46.7 Å². The van der Waals surface area contributed by atoms with Gasteiger partial charge in [0.15, 0.2) is 0 Å². The lowest BCUT2D eigenvalue weighted by Gasteiger charge is -2.29. The van der Waals surface area contributed by atoms with Gasteiger partial charge in [-0.15, -0.1) is 0 Å². The van der Waals surface area contributed by atoms with Crippen LogP contribution in [0.4, 0.5) is 10.5 Å². The maximum absolute atomic E-state index is 13.0. The number of carbonyl (C=O) groups is 1. The van der Waals surface area contributed by atoms with Crippen LogP contribution in [0.2, 0.25) is 0 Å². The number of amides is 2. The van der Waals surface area contributed by atoms with Crippen LogP contribution in [0.1, 0.15) is 37.0 Å². The van der Waals surface area contributed by atoms with Gasteiger partial charge in [0.05, 0.1) is 6.26 Å². The van der Waals surface area contributed by atoms with Crippen molar-refractivity contribution >= 4 is 21.8 Å². The van der Waals surface area contributed by atoms with Crippen molar-refractivity contribution in [2.75, 3.05) is 11.6 Å². The summed E-state index contributed by atoms with van der Waals surface area (Å²) in [4.78, 5) is 14.8. The molecule has 1 N–H and O–H groups in total. The van der Waals surface area contributed by atoms with Crippen LogP contribution in [0.3, 0.4) is 0 Å². The summed E-state index contributed by atoms with van der Waals surface area (Å²) in [5.41, 5.74) is 3.75. The molecule has 0 unspecified atom stereocenters. The Bertz CT molecular complexity index is 904. The van der Waals surface area contributed by atoms with Crippen molar-refractivity contribution in [1.82, 2.24) is 4.90 Å². The summed E-state index contributed by atoms with van der Waals surface area (Å²) in [5, 5.41) is 3.04. The summed E-state index contributed by atoms with van der Waals surface area (Å²) in [7, 11) is -3.56. The minimum atomic E-state index is -3.56. The quantitative estimate of drug-likeness (QED) is 0.691.